The zero-order valence-corrected chi connectivity index (χ0v) is 10.8. The summed E-state index contributed by atoms with van der Waals surface area (Å²) < 4.78 is 13.6. The molecule has 0 fully saturated rings. The molecule has 0 saturated heterocycles. The molecule has 0 aromatic heterocycles. The molecule has 2 rings (SSSR count). The largest absolute Gasteiger partial charge is 0.206 e. The minimum atomic E-state index is -0.156. The van der Waals surface area contributed by atoms with Gasteiger partial charge in [-0.15, -0.1) is 0 Å². The van der Waals surface area contributed by atoms with Gasteiger partial charge in [0.05, 0.1) is 0 Å². The molecule has 0 saturated carbocycles. The van der Waals surface area contributed by atoms with Crippen molar-refractivity contribution in [3.8, 4) is 11.1 Å². The molecule has 0 amide bonds. The number of hydrogen-bond donors (Lipinski definition) is 0. The summed E-state index contributed by atoms with van der Waals surface area (Å²) in [5, 5.41) is 0. The van der Waals surface area contributed by atoms with Crippen LogP contribution in [0.25, 0.3) is 11.1 Å². The summed E-state index contributed by atoms with van der Waals surface area (Å²) in [6.07, 6.45) is 4.86. The maximum atomic E-state index is 13.6. The fraction of sp³-hybridized carbons (Fsp3) is 0.294. The summed E-state index contributed by atoms with van der Waals surface area (Å²) >= 11 is 0. The van der Waals surface area contributed by atoms with E-state index < -0.39 is 0 Å². The Balaban J connectivity index is 2.10. The van der Waals surface area contributed by atoms with Crippen LogP contribution in [0.15, 0.2) is 48.5 Å². The molecule has 0 atom stereocenters. The van der Waals surface area contributed by atoms with E-state index in [1.54, 1.807) is 6.07 Å². The fourth-order valence-electron chi connectivity index (χ4n) is 2.13. The minimum Gasteiger partial charge on any atom is -0.206 e. The molecule has 2 aromatic rings. The van der Waals surface area contributed by atoms with E-state index in [2.05, 4.69) is 19.1 Å². The highest BCUT2D eigenvalue weighted by Gasteiger charge is 2.03. The van der Waals surface area contributed by atoms with Crippen molar-refractivity contribution in [3.05, 3.63) is 59.9 Å². The molecule has 18 heavy (non-hydrogen) atoms. The number of aryl methyl sites for hydroxylation is 1. The highest BCUT2D eigenvalue weighted by atomic mass is 19.1. The van der Waals surface area contributed by atoms with E-state index in [1.807, 2.05) is 24.3 Å². The maximum Gasteiger partial charge on any atom is 0.131 e. The van der Waals surface area contributed by atoms with E-state index in [0.717, 1.165) is 12.0 Å². The number of hydrogen-bond acceptors (Lipinski definition) is 0. The van der Waals surface area contributed by atoms with Gasteiger partial charge < -0.3 is 0 Å². The minimum absolute atomic E-state index is 0.156. The van der Waals surface area contributed by atoms with Crippen molar-refractivity contribution in [2.75, 3.05) is 0 Å². The van der Waals surface area contributed by atoms with Gasteiger partial charge in [0.15, 0.2) is 0 Å². The van der Waals surface area contributed by atoms with E-state index in [9.17, 15) is 4.39 Å². The molecular formula is C17H19F. The van der Waals surface area contributed by atoms with Crippen LogP contribution in [0.5, 0.6) is 0 Å². The Morgan fingerprint density at radius 2 is 1.61 bits per heavy atom. The zero-order chi connectivity index (χ0) is 12.8. The summed E-state index contributed by atoms with van der Waals surface area (Å²) in [4.78, 5) is 0. The first-order valence-electron chi connectivity index (χ1n) is 6.65. The van der Waals surface area contributed by atoms with E-state index in [-0.39, 0.29) is 5.82 Å². The Bertz CT molecular complexity index is 485. The average Bonchev–Trinajstić information content (AvgIpc) is 2.41. The molecule has 0 nitrogen and oxygen atoms in total. The SMILES string of the molecule is CCCCCc1ccc(-c2ccccc2F)cc1. The lowest BCUT2D eigenvalue weighted by atomic mass is 10.0. The summed E-state index contributed by atoms with van der Waals surface area (Å²) in [7, 11) is 0. The lowest BCUT2D eigenvalue weighted by molar-refractivity contribution is 0.631. The first kappa shape index (κ1) is 12.8. The third kappa shape index (κ3) is 3.19. The van der Waals surface area contributed by atoms with Gasteiger partial charge in [-0.1, -0.05) is 62.2 Å². The lowest BCUT2D eigenvalue weighted by Gasteiger charge is -2.05. The molecule has 0 aliphatic rings. The molecule has 0 N–H and O–H groups in total. The molecule has 2 aromatic carbocycles. The zero-order valence-electron chi connectivity index (χ0n) is 10.8. The Labute approximate surface area is 108 Å². The molecule has 0 heterocycles. The Morgan fingerprint density at radius 3 is 2.28 bits per heavy atom. The first-order valence-corrected chi connectivity index (χ1v) is 6.65. The van der Waals surface area contributed by atoms with E-state index in [0.29, 0.717) is 5.56 Å². The van der Waals surface area contributed by atoms with Crippen molar-refractivity contribution in [1.82, 2.24) is 0 Å². The van der Waals surface area contributed by atoms with Gasteiger partial charge in [-0.05, 0) is 30.0 Å². The average molecular weight is 242 g/mol. The van der Waals surface area contributed by atoms with Crippen LogP contribution in [0.2, 0.25) is 0 Å². The normalized spacial score (nSPS) is 10.6. The molecule has 1 heteroatoms. The predicted molar refractivity (Wildman–Crippen MR) is 75.1 cm³/mol. The number of unbranched alkanes of at least 4 members (excludes halogenated alkanes) is 2. The topological polar surface area (TPSA) is 0 Å². The van der Waals surface area contributed by atoms with Gasteiger partial charge in [-0.3, -0.25) is 0 Å². The lowest BCUT2D eigenvalue weighted by Crippen LogP contribution is -1.87. The Hall–Kier alpha value is -1.63. The highest BCUT2D eigenvalue weighted by Crippen LogP contribution is 2.23. The van der Waals surface area contributed by atoms with Gasteiger partial charge in [-0.25, -0.2) is 4.39 Å². The van der Waals surface area contributed by atoms with Gasteiger partial charge in [-0.2, -0.15) is 0 Å². The molecule has 0 bridgehead atoms. The van der Waals surface area contributed by atoms with Gasteiger partial charge in [0.25, 0.3) is 0 Å². The second-order valence-electron chi connectivity index (χ2n) is 4.63. The van der Waals surface area contributed by atoms with Gasteiger partial charge in [0, 0.05) is 5.56 Å². The standard InChI is InChI=1S/C17H19F/c1-2-3-4-7-14-10-12-15(13-11-14)16-8-5-6-9-17(16)18/h5-6,8-13H,2-4,7H2,1H3. The van der Waals surface area contributed by atoms with Gasteiger partial charge >= 0.3 is 0 Å². The van der Waals surface area contributed by atoms with Crippen LogP contribution in [0.4, 0.5) is 4.39 Å². The number of halogens is 1. The smallest absolute Gasteiger partial charge is 0.131 e. The summed E-state index contributed by atoms with van der Waals surface area (Å²) in [5.74, 6) is -0.156. The third-order valence-corrected chi connectivity index (χ3v) is 3.21. The van der Waals surface area contributed by atoms with Crippen LogP contribution in [0.3, 0.4) is 0 Å². The molecule has 0 aliphatic heterocycles. The van der Waals surface area contributed by atoms with Crippen molar-refractivity contribution in [3.63, 3.8) is 0 Å². The van der Waals surface area contributed by atoms with E-state index in [1.165, 1.54) is 30.9 Å². The fourth-order valence-corrected chi connectivity index (χ4v) is 2.13. The van der Waals surface area contributed by atoms with Crippen LogP contribution in [-0.2, 0) is 6.42 Å². The van der Waals surface area contributed by atoms with Crippen molar-refractivity contribution in [1.29, 1.82) is 0 Å². The number of rotatable bonds is 5. The van der Waals surface area contributed by atoms with E-state index in [4.69, 9.17) is 0 Å². The van der Waals surface area contributed by atoms with Crippen molar-refractivity contribution >= 4 is 0 Å². The quantitative estimate of drug-likeness (QED) is 0.630. The van der Waals surface area contributed by atoms with Crippen molar-refractivity contribution in [2.45, 2.75) is 32.6 Å². The van der Waals surface area contributed by atoms with Crippen LogP contribution in [0, 0.1) is 5.82 Å². The second kappa shape index (κ2) is 6.34. The van der Waals surface area contributed by atoms with Crippen molar-refractivity contribution < 1.29 is 4.39 Å². The second-order valence-corrected chi connectivity index (χ2v) is 4.63. The van der Waals surface area contributed by atoms with Gasteiger partial charge in [0.1, 0.15) is 5.82 Å². The van der Waals surface area contributed by atoms with Crippen LogP contribution in [-0.4, -0.2) is 0 Å². The molecule has 0 radical (unpaired) electrons. The molecule has 0 spiro atoms. The summed E-state index contributed by atoms with van der Waals surface area (Å²) in [6, 6.07) is 15.2. The molecule has 94 valence electrons. The Kier molecular flexibility index (Phi) is 4.52. The van der Waals surface area contributed by atoms with Crippen LogP contribution >= 0.6 is 0 Å². The van der Waals surface area contributed by atoms with Crippen LogP contribution < -0.4 is 0 Å². The Morgan fingerprint density at radius 1 is 0.889 bits per heavy atom. The number of benzene rings is 2. The van der Waals surface area contributed by atoms with Gasteiger partial charge in [0.2, 0.25) is 0 Å². The molecular weight excluding hydrogens is 223 g/mol. The molecule has 0 aliphatic carbocycles. The predicted octanol–water partition coefficient (Wildman–Crippen LogP) is 5.23. The molecule has 0 unspecified atom stereocenters. The first-order chi connectivity index (χ1) is 8.81. The van der Waals surface area contributed by atoms with Crippen molar-refractivity contribution in [2.24, 2.45) is 0 Å². The highest BCUT2D eigenvalue weighted by molar-refractivity contribution is 5.64. The van der Waals surface area contributed by atoms with Crippen LogP contribution in [0.1, 0.15) is 31.7 Å². The third-order valence-electron chi connectivity index (χ3n) is 3.21. The monoisotopic (exact) mass is 242 g/mol. The maximum absolute atomic E-state index is 13.6. The summed E-state index contributed by atoms with van der Waals surface area (Å²) in [6.45, 7) is 2.21. The summed E-state index contributed by atoms with van der Waals surface area (Å²) in [5.41, 5.74) is 2.97. The van der Waals surface area contributed by atoms with E-state index >= 15 is 0 Å².